The number of aliphatic carboxylic acids is 1. The number of carbonyl (C=O) groups is 7. The minimum atomic E-state index is -4.01. The van der Waals surface area contributed by atoms with Gasteiger partial charge in [-0.2, -0.15) is 0 Å². The number of nitrogens with one attached hydrogen (secondary N) is 7. The first-order valence-corrected chi connectivity index (χ1v) is 24.7. The monoisotopic (exact) mass is 1060 g/mol. The van der Waals surface area contributed by atoms with Crippen molar-refractivity contribution in [3.63, 3.8) is 0 Å². The summed E-state index contributed by atoms with van der Waals surface area (Å²) in [6.45, 7) is -1.37. The molecule has 0 bridgehead atoms. The molecule has 410 valence electrons. The molecule has 2 aromatic rings. The van der Waals surface area contributed by atoms with Crippen molar-refractivity contribution in [1.82, 2.24) is 41.6 Å². The number of hydrogen-bond acceptors (Lipinski definition) is 15. The summed E-state index contributed by atoms with van der Waals surface area (Å²) in [5.41, 5.74) is 43.4. The number of fused-ring (bicyclic) bond motifs is 1. The molecule has 0 aliphatic rings. The van der Waals surface area contributed by atoms with E-state index in [0.717, 1.165) is 0 Å². The van der Waals surface area contributed by atoms with E-state index >= 15 is 0 Å². The van der Waals surface area contributed by atoms with Gasteiger partial charge in [0.2, 0.25) is 45.5 Å². The lowest BCUT2D eigenvalue weighted by Gasteiger charge is -2.27. The Bertz CT molecular complexity index is 2440. The molecule has 1 aromatic heterocycles. The molecule has 1 aromatic carbocycles. The molecule has 0 aliphatic heterocycles. The normalized spacial score (nSPS) is 13.0. The number of nitrogens with zero attached hydrogens (tertiary/aromatic N) is 5. The van der Waals surface area contributed by atoms with E-state index < -0.39 is 88.3 Å². The summed E-state index contributed by atoms with van der Waals surface area (Å²) >= 11 is 0. The van der Waals surface area contributed by atoms with Crippen molar-refractivity contribution in [3.05, 3.63) is 36.7 Å². The second-order valence-electron chi connectivity index (χ2n) is 16.3. The zero-order valence-corrected chi connectivity index (χ0v) is 41.5. The van der Waals surface area contributed by atoms with Crippen LogP contribution in [0.25, 0.3) is 10.8 Å². The Kier molecular flexibility index (Phi) is 27.4. The Hall–Kier alpha value is -8.13. The average molecular weight is 1060 g/mol. The Morgan fingerprint density at radius 3 is 1.41 bits per heavy atom. The maximum absolute atomic E-state index is 14.0. The third-order valence-electron chi connectivity index (χ3n) is 10.4. The van der Waals surface area contributed by atoms with Gasteiger partial charge in [-0.3, -0.25) is 53.7 Å². The number of sulfonamides is 1. The largest absolute Gasteiger partial charge is 0.480 e. The number of nitrogens with two attached hydrogens (primary N) is 8. The fourth-order valence-corrected chi connectivity index (χ4v) is 8.00. The van der Waals surface area contributed by atoms with Crippen LogP contribution >= 0.6 is 0 Å². The molecule has 0 saturated carbocycles. The number of carboxylic acid groups (broad SMARTS) is 1. The number of amides is 6. The van der Waals surface area contributed by atoms with Gasteiger partial charge in [0.1, 0.15) is 30.2 Å². The van der Waals surface area contributed by atoms with E-state index in [0.29, 0.717) is 10.8 Å². The second kappa shape index (κ2) is 32.8. The first kappa shape index (κ1) is 62.0. The SMILES string of the molecule is NC(N)=NCCC[C@H](NC(=O)[C@H](CCCN=C(N)N)NC(=O)[C@H](CCCN=C(N)N)NC(=O)[C@H](CCCN=C(N)N)NC(=O)[C@H](CO)NC(=O)CCNC(=O)CCNS(=O)(=O)c1cccc2cnccc12)C(=O)O. The summed E-state index contributed by atoms with van der Waals surface area (Å²) in [5, 5.41) is 35.8. The van der Waals surface area contributed by atoms with Crippen molar-refractivity contribution in [2.24, 2.45) is 65.8 Å². The van der Waals surface area contributed by atoms with E-state index in [1.54, 1.807) is 18.2 Å². The summed E-state index contributed by atoms with van der Waals surface area (Å²) in [6.07, 6.45) is 2.29. The van der Waals surface area contributed by atoms with Crippen LogP contribution in [0.2, 0.25) is 0 Å². The third kappa shape index (κ3) is 24.3. The highest BCUT2D eigenvalue weighted by atomic mass is 32.2. The van der Waals surface area contributed by atoms with E-state index in [9.17, 15) is 52.2 Å². The first-order chi connectivity index (χ1) is 35.0. The number of aromatic nitrogens is 1. The number of hydrogen-bond donors (Lipinski definition) is 17. The van der Waals surface area contributed by atoms with Gasteiger partial charge in [-0.1, -0.05) is 12.1 Å². The molecule has 74 heavy (non-hydrogen) atoms. The molecule has 1 heterocycles. The lowest BCUT2D eigenvalue weighted by molar-refractivity contribution is -0.142. The molecule has 0 saturated heterocycles. The van der Waals surface area contributed by atoms with Gasteiger partial charge in [-0.15, -0.1) is 0 Å². The number of carboxylic acids is 1. The summed E-state index contributed by atoms with van der Waals surface area (Å²) in [4.78, 5) is 112. The molecule has 0 fully saturated rings. The molecular weight excluding hydrogens is 993 g/mol. The van der Waals surface area contributed by atoms with E-state index in [1.165, 1.54) is 18.5 Å². The fraction of sp³-hybridized carbons (Fsp3) is 0.524. The Labute approximate surface area is 426 Å². The summed E-state index contributed by atoms with van der Waals surface area (Å²) < 4.78 is 28.3. The predicted molar refractivity (Wildman–Crippen MR) is 273 cm³/mol. The highest BCUT2D eigenvalue weighted by Gasteiger charge is 2.32. The van der Waals surface area contributed by atoms with Crippen molar-refractivity contribution < 1.29 is 52.2 Å². The maximum Gasteiger partial charge on any atom is 0.326 e. The highest BCUT2D eigenvalue weighted by molar-refractivity contribution is 7.89. The predicted octanol–water partition coefficient (Wildman–Crippen LogP) is -6.88. The fourth-order valence-electron chi connectivity index (χ4n) is 6.74. The number of carbonyl (C=O) groups excluding carboxylic acids is 6. The van der Waals surface area contributed by atoms with Crippen molar-refractivity contribution in [2.75, 3.05) is 45.9 Å². The van der Waals surface area contributed by atoms with Crippen molar-refractivity contribution in [3.8, 4) is 0 Å². The lowest BCUT2D eigenvalue weighted by Crippen LogP contribution is -2.59. The number of benzene rings is 1. The molecule has 0 unspecified atom stereocenters. The van der Waals surface area contributed by atoms with Crippen LogP contribution in [0.5, 0.6) is 0 Å². The van der Waals surface area contributed by atoms with Gasteiger partial charge in [0.05, 0.1) is 11.5 Å². The molecule has 6 amide bonds. The number of aliphatic imine (C=N–C) groups is 4. The third-order valence-corrected chi connectivity index (χ3v) is 11.9. The number of aliphatic hydroxyl groups is 1. The van der Waals surface area contributed by atoms with Gasteiger partial charge >= 0.3 is 5.97 Å². The quantitative estimate of drug-likeness (QED) is 0.0173. The van der Waals surface area contributed by atoms with Crippen LogP contribution in [0.1, 0.15) is 64.2 Å². The van der Waals surface area contributed by atoms with E-state index in [1.807, 2.05) is 0 Å². The van der Waals surface area contributed by atoms with E-state index in [2.05, 4.69) is 61.6 Å². The van der Waals surface area contributed by atoms with Crippen LogP contribution in [-0.4, -0.2) is 165 Å². The highest BCUT2D eigenvalue weighted by Crippen LogP contribution is 2.21. The lowest BCUT2D eigenvalue weighted by atomic mass is 10.0. The molecule has 32 heteroatoms. The summed E-state index contributed by atoms with van der Waals surface area (Å²) in [7, 11) is -4.01. The standard InChI is InChI=1S/C42H70N20O11S/c43-39(44)53-15-2-7-26(34(66)60-28(9-4-17-55-41(47)48)36(68)62-29(38(70)71)10-5-18-56-42(49)50)59-35(67)27(8-3-16-54-40(45)46)61-37(69)30(23-63)58-33(65)13-20-52-32(64)14-21-57-74(72,73)31-11-1-6-24-22-51-19-12-25(24)31/h1,6,11-12,19,22,26-30,57,63H,2-5,7-10,13-18,20-21,23H2,(H,52,64)(H,58,65)(H,59,67)(H,60,66)(H,61,69)(H,62,68)(H,70,71)(H4,43,44,53)(H4,45,46,54)(H4,47,48,55)(H4,49,50,56)/t26-,27-,28-,29-,30-/m0/s1. The Balaban J connectivity index is 2.20. The minimum absolute atomic E-state index is 0.00269. The van der Waals surface area contributed by atoms with Gasteiger partial charge in [0.25, 0.3) is 0 Å². The van der Waals surface area contributed by atoms with Crippen molar-refractivity contribution >= 4 is 86.0 Å². The average Bonchev–Trinajstić information content (AvgIpc) is 3.33. The maximum atomic E-state index is 14.0. The second-order valence-corrected chi connectivity index (χ2v) is 18.0. The number of pyridine rings is 1. The minimum Gasteiger partial charge on any atom is -0.480 e. The van der Waals surface area contributed by atoms with Crippen LogP contribution in [0, 0.1) is 0 Å². The van der Waals surface area contributed by atoms with Crippen LogP contribution in [-0.2, 0) is 43.6 Å². The van der Waals surface area contributed by atoms with Gasteiger partial charge in [-0.05, 0) is 63.5 Å². The smallest absolute Gasteiger partial charge is 0.326 e. The van der Waals surface area contributed by atoms with Crippen molar-refractivity contribution in [1.29, 1.82) is 0 Å². The summed E-state index contributed by atoms with van der Waals surface area (Å²) in [5.74, 6) is -7.53. The van der Waals surface area contributed by atoms with Gasteiger partial charge in [-0.25, -0.2) is 17.9 Å². The Morgan fingerprint density at radius 2 is 0.973 bits per heavy atom. The molecular formula is C42H70N20O11S. The Morgan fingerprint density at radius 1 is 0.554 bits per heavy atom. The first-order valence-electron chi connectivity index (χ1n) is 23.2. The number of aliphatic hydroxyl groups excluding tert-OH is 1. The molecule has 31 nitrogen and oxygen atoms in total. The van der Waals surface area contributed by atoms with Crippen LogP contribution in [0.4, 0.5) is 0 Å². The number of rotatable bonds is 35. The van der Waals surface area contributed by atoms with E-state index in [4.69, 9.17) is 45.9 Å². The molecule has 5 atom stereocenters. The van der Waals surface area contributed by atoms with Gasteiger partial charge in [0, 0.05) is 75.3 Å². The number of guanidine groups is 4. The van der Waals surface area contributed by atoms with Crippen LogP contribution < -0.4 is 82.5 Å². The molecule has 0 spiro atoms. The topological polar surface area (TPSA) is 549 Å². The summed E-state index contributed by atoms with van der Waals surface area (Å²) in [6, 6.07) is -1.11. The van der Waals surface area contributed by atoms with E-state index in [-0.39, 0.29) is 132 Å². The zero-order chi connectivity index (χ0) is 55.2. The molecule has 0 aliphatic carbocycles. The molecule has 25 N–H and O–H groups in total. The molecule has 0 radical (unpaired) electrons. The van der Waals surface area contributed by atoms with Crippen LogP contribution in [0.15, 0.2) is 61.5 Å². The van der Waals surface area contributed by atoms with Crippen molar-refractivity contribution in [2.45, 2.75) is 99.3 Å². The molecule has 2 rings (SSSR count). The van der Waals surface area contributed by atoms with Gasteiger partial charge in [0.15, 0.2) is 23.8 Å². The zero-order valence-electron chi connectivity index (χ0n) is 40.7. The van der Waals surface area contributed by atoms with Crippen LogP contribution in [0.3, 0.4) is 0 Å². The van der Waals surface area contributed by atoms with Gasteiger partial charge < -0.3 is 88.0 Å².